The minimum Gasteiger partial charge on any atom is -0.373 e. The van der Waals surface area contributed by atoms with Crippen LogP contribution in [0, 0.1) is 0 Å². The van der Waals surface area contributed by atoms with Crippen LogP contribution in [-0.4, -0.2) is 34.4 Å². The number of hydrogen-bond acceptors (Lipinski definition) is 4. The lowest BCUT2D eigenvalue weighted by molar-refractivity contribution is 0.0836. The Bertz CT molecular complexity index is 437. The Balaban J connectivity index is 1.65. The second-order valence-electron chi connectivity index (χ2n) is 4.43. The summed E-state index contributed by atoms with van der Waals surface area (Å²) >= 11 is 5.61. The minimum atomic E-state index is -0.213. The third-order valence-electron chi connectivity index (χ3n) is 3.29. The van der Waals surface area contributed by atoms with Crippen LogP contribution in [0.4, 0.5) is 0 Å². The molecule has 0 aromatic carbocycles. The fourth-order valence-corrected chi connectivity index (χ4v) is 2.57. The van der Waals surface area contributed by atoms with E-state index in [9.17, 15) is 4.79 Å². The number of nitrogens with zero attached hydrogens (tertiary/aromatic N) is 2. The molecule has 0 spiro atoms. The Kier molecular flexibility index (Phi) is 2.72. The molecular formula is C11H12ClN3O2. The van der Waals surface area contributed by atoms with Gasteiger partial charge in [-0.25, -0.2) is 0 Å². The first-order chi connectivity index (χ1) is 8.22. The van der Waals surface area contributed by atoms with Gasteiger partial charge in [0.2, 0.25) is 0 Å². The van der Waals surface area contributed by atoms with Gasteiger partial charge in [0.15, 0.2) is 10.8 Å². The molecule has 2 fully saturated rings. The van der Waals surface area contributed by atoms with Gasteiger partial charge in [-0.15, -0.1) is 10.2 Å². The fraction of sp³-hybridized carbons (Fsp3) is 0.545. The van der Waals surface area contributed by atoms with Crippen molar-refractivity contribution in [3.8, 4) is 0 Å². The Morgan fingerprint density at radius 3 is 2.88 bits per heavy atom. The van der Waals surface area contributed by atoms with Gasteiger partial charge in [-0.2, -0.15) is 0 Å². The molecule has 3 heterocycles. The van der Waals surface area contributed by atoms with Gasteiger partial charge >= 0.3 is 0 Å². The number of ether oxygens (including phenoxy) is 1. The highest BCUT2D eigenvalue weighted by atomic mass is 35.5. The summed E-state index contributed by atoms with van der Waals surface area (Å²) in [6.07, 6.45) is 3.53. The molecule has 2 aliphatic heterocycles. The number of fused-ring (bicyclic) bond motifs is 2. The molecule has 3 atom stereocenters. The second-order valence-corrected chi connectivity index (χ2v) is 4.82. The van der Waals surface area contributed by atoms with Crippen LogP contribution >= 0.6 is 11.6 Å². The Hall–Kier alpha value is -1.20. The molecule has 3 rings (SSSR count). The van der Waals surface area contributed by atoms with Crippen molar-refractivity contribution in [2.75, 3.05) is 0 Å². The van der Waals surface area contributed by atoms with Crippen LogP contribution in [0.15, 0.2) is 12.1 Å². The molecular weight excluding hydrogens is 242 g/mol. The van der Waals surface area contributed by atoms with Crippen molar-refractivity contribution in [1.29, 1.82) is 0 Å². The number of nitrogens with one attached hydrogen (secondary N) is 1. The smallest absolute Gasteiger partial charge is 0.272 e. The van der Waals surface area contributed by atoms with E-state index in [2.05, 4.69) is 15.5 Å². The summed E-state index contributed by atoms with van der Waals surface area (Å²) in [6, 6.07) is 3.23. The molecule has 1 aromatic heterocycles. The highest BCUT2D eigenvalue weighted by molar-refractivity contribution is 6.29. The summed E-state index contributed by atoms with van der Waals surface area (Å²) in [7, 11) is 0. The molecule has 17 heavy (non-hydrogen) atoms. The van der Waals surface area contributed by atoms with E-state index in [0.717, 1.165) is 19.3 Å². The summed E-state index contributed by atoms with van der Waals surface area (Å²) in [5.74, 6) is -0.213. The maximum atomic E-state index is 11.9. The Labute approximate surface area is 104 Å². The minimum absolute atomic E-state index is 0.110. The predicted molar refractivity (Wildman–Crippen MR) is 60.8 cm³/mol. The zero-order valence-corrected chi connectivity index (χ0v) is 9.85. The van der Waals surface area contributed by atoms with Crippen LogP contribution in [0.2, 0.25) is 5.15 Å². The van der Waals surface area contributed by atoms with E-state index in [1.165, 1.54) is 0 Å². The highest BCUT2D eigenvalue weighted by Crippen LogP contribution is 2.34. The van der Waals surface area contributed by atoms with Gasteiger partial charge in [-0.3, -0.25) is 4.79 Å². The van der Waals surface area contributed by atoms with Crippen LogP contribution in [0.25, 0.3) is 0 Å². The third-order valence-corrected chi connectivity index (χ3v) is 3.49. The SMILES string of the molecule is O=C(NC1CC2CCC1O2)c1ccc(Cl)nn1. The molecule has 2 saturated heterocycles. The maximum Gasteiger partial charge on any atom is 0.272 e. The lowest BCUT2D eigenvalue weighted by Gasteiger charge is -2.19. The first-order valence-corrected chi connectivity index (χ1v) is 6.06. The molecule has 90 valence electrons. The molecule has 0 radical (unpaired) electrons. The van der Waals surface area contributed by atoms with Gasteiger partial charge in [-0.05, 0) is 31.4 Å². The zero-order valence-electron chi connectivity index (χ0n) is 9.10. The first kappa shape index (κ1) is 10.9. The lowest BCUT2D eigenvalue weighted by Crippen LogP contribution is -2.41. The van der Waals surface area contributed by atoms with E-state index >= 15 is 0 Å². The monoisotopic (exact) mass is 253 g/mol. The topological polar surface area (TPSA) is 64.1 Å². The standard InChI is InChI=1S/C11H12ClN3O2/c12-10-4-2-7(14-15-10)11(16)13-8-5-6-1-3-9(8)17-6/h2,4,6,8-9H,1,3,5H2,(H,13,16). The summed E-state index contributed by atoms with van der Waals surface area (Å²) in [6.45, 7) is 0. The number of carbonyl (C=O) groups excluding carboxylic acids is 1. The quantitative estimate of drug-likeness (QED) is 0.860. The fourth-order valence-electron chi connectivity index (χ4n) is 2.47. The van der Waals surface area contributed by atoms with Gasteiger partial charge < -0.3 is 10.1 Å². The predicted octanol–water partition coefficient (Wildman–Crippen LogP) is 1.18. The molecule has 5 nitrogen and oxygen atoms in total. The molecule has 2 aliphatic rings. The van der Waals surface area contributed by atoms with Gasteiger partial charge in [0.1, 0.15) is 0 Å². The molecule has 6 heteroatoms. The van der Waals surface area contributed by atoms with E-state index in [4.69, 9.17) is 16.3 Å². The Morgan fingerprint density at radius 2 is 2.29 bits per heavy atom. The number of halogens is 1. The van der Waals surface area contributed by atoms with Gasteiger partial charge in [0.05, 0.1) is 18.2 Å². The number of aromatic nitrogens is 2. The zero-order chi connectivity index (χ0) is 11.8. The average molecular weight is 254 g/mol. The molecule has 0 aliphatic carbocycles. The van der Waals surface area contributed by atoms with Gasteiger partial charge in [-0.1, -0.05) is 11.6 Å². The van der Waals surface area contributed by atoms with Crippen molar-refractivity contribution in [2.24, 2.45) is 0 Å². The molecule has 1 aromatic rings. The summed E-state index contributed by atoms with van der Waals surface area (Å²) in [5.41, 5.74) is 0.289. The largest absolute Gasteiger partial charge is 0.373 e. The van der Waals surface area contributed by atoms with E-state index in [1.807, 2.05) is 0 Å². The van der Waals surface area contributed by atoms with Crippen LogP contribution in [-0.2, 0) is 4.74 Å². The summed E-state index contributed by atoms with van der Waals surface area (Å²) < 4.78 is 5.67. The van der Waals surface area contributed by atoms with Crippen LogP contribution in [0.3, 0.4) is 0 Å². The summed E-state index contributed by atoms with van der Waals surface area (Å²) in [4.78, 5) is 11.9. The van der Waals surface area contributed by atoms with E-state index in [-0.39, 0.29) is 28.9 Å². The maximum absolute atomic E-state index is 11.9. The lowest BCUT2D eigenvalue weighted by atomic mass is 9.95. The van der Waals surface area contributed by atoms with Crippen LogP contribution in [0.1, 0.15) is 29.8 Å². The normalized spacial score (nSPS) is 30.5. The van der Waals surface area contributed by atoms with Crippen molar-refractivity contribution in [1.82, 2.24) is 15.5 Å². The van der Waals surface area contributed by atoms with Crippen LogP contribution < -0.4 is 5.32 Å². The van der Waals surface area contributed by atoms with Crippen molar-refractivity contribution < 1.29 is 9.53 Å². The van der Waals surface area contributed by atoms with E-state index < -0.39 is 0 Å². The van der Waals surface area contributed by atoms with Crippen molar-refractivity contribution in [3.63, 3.8) is 0 Å². The van der Waals surface area contributed by atoms with Gasteiger partial charge in [0.25, 0.3) is 5.91 Å². The summed E-state index contributed by atoms with van der Waals surface area (Å²) in [5, 5.41) is 10.6. The van der Waals surface area contributed by atoms with E-state index in [1.54, 1.807) is 12.1 Å². The van der Waals surface area contributed by atoms with Crippen molar-refractivity contribution >= 4 is 17.5 Å². The third kappa shape index (κ3) is 2.12. The number of carbonyl (C=O) groups is 1. The average Bonchev–Trinajstić information content (AvgIpc) is 2.91. The van der Waals surface area contributed by atoms with E-state index in [0.29, 0.717) is 6.10 Å². The molecule has 1 N–H and O–H groups in total. The molecule has 3 unspecified atom stereocenters. The van der Waals surface area contributed by atoms with Crippen LogP contribution in [0.5, 0.6) is 0 Å². The van der Waals surface area contributed by atoms with Crippen molar-refractivity contribution in [2.45, 2.75) is 37.5 Å². The molecule has 1 amide bonds. The Morgan fingerprint density at radius 1 is 1.41 bits per heavy atom. The second kappa shape index (κ2) is 4.23. The first-order valence-electron chi connectivity index (χ1n) is 5.68. The highest BCUT2D eigenvalue weighted by Gasteiger charge is 2.41. The molecule has 2 bridgehead atoms. The molecule has 0 saturated carbocycles. The van der Waals surface area contributed by atoms with Crippen molar-refractivity contribution in [3.05, 3.63) is 23.0 Å². The number of hydrogen-bond donors (Lipinski definition) is 1. The number of amides is 1. The van der Waals surface area contributed by atoms with Gasteiger partial charge in [0, 0.05) is 0 Å². The number of rotatable bonds is 2.